The second-order valence-corrected chi connectivity index (χ2v) is 7.24. The molecule has 1 aliphatic carbocycles. The van der Waals surface area contributed by atoms with Gasteiger partial charge in [0.1, 0.15) is 0 Å². The number of carboxylic acids is 1. The molecule has 0 amide bonds. The Morgan fingerprint density at radius 1 is 1.37 bits per heavy atom. The Labute approximate surface area is 112 Å². The number of aryl methyl sites for hydroxylation is 1. The fraction of sp³-hybridized carbons (Fsp3) is 0.462. The molecule has 5 nitrogen and oxygen atoms in total. The number of primary sulfonamides is 1. The largest absolute Gasteiger partial charge is 0.481 e. The van der Waals surface area contributed by atoms with Crippen molar-refractivity contribution >= 4 is 16.0 Å². The Morgan fingerprint density at radius 3 is 2.32 bits per heavy atom. The number of aliphatic carboxylic acids is 1. The molecule has 2 atom stereocenters. The molecule has 104 valence electrons. The minimum atomic E-state index is -3.72. The lowest BCUT2D eigenvalue weighted by molar-refractivity contribution is -0.139. The summed E-state index contributed by atoms with van der Waals surface area (Å²) in [7, 11) is -3.72. The van der Waals surface area contributed by atoms with Crippen LogP contribution in [0.3, 0.4) is 0 Å². The van der Waals surface area contributed by atoms with E-state index in [1.54, 1.807) is 13.0 Å². The van der Waals surface area contributed by atoms with Crippen LogP contribution in [0.1, 0.15) is 30.9 Å². The van der Waals surface area contributed by atoms with Crippen molar-refractivity contribution in [1.82, 2.24) is 0 Å². The van der Waals surface area contributed by atoms with Gasteiger partial charge < -0.3 is 5.11 Å². The molecular formula is C13H17NO4S. The summed E-state index contributed by atoms with van der Waals surface area (Å²) in [4.78, 5) is 11.2. The van der Waals surface area contributed by atoms with Gasteiger partial charge >= 0.3 is 5.97 Å². The first-order valence-corrected chi connectivity index (χ1v) is 7.47. The third-order valence-electron chi connectivity index (χ3n) is 4.00. The normalized spacial score (nSPS) is 25.1. The summed E-state index contributed by atoms with van der Waals surface area (Å²) >= 11 is 0. The molecule has 3 N–H and O–H groups in total. The molecule has 1 aliphatic rings. The van der Waals surface area contributed by atoms with Gasteiger partial charge in [-0.05, 0) is 35.6 Å². The Morgan fingerprint density at radius 2 is 1.95 bits per heavy atom. The summed E-state index contributed by atoms with van der Waals surface area (Å²) in [5, 5.41) is 14.3. The SMILES string of the molecule is Cc1cc(S(N)(=O)=O)ccc1C1C(C(=O)O)C1(C)C. The molecule has 19 heavy (non-hydrogen) atoms. The maximum atomic E-state index is 11.3. The van der Waals surface area contributed by atoms with Crippen LogP contribution in [0, 0.1) is 18.3 Å². The molecule has 2 rings (SSSR count). The fourth-order valence-corrected chi connectivity index (χ4v) is 3.45. The smallest absolute Gasteiger partial charge is 0.307 e. The van der Waals surface area contributed by atoms with Crippen LogP contribution in [0.2, 0.25) is 0 Å². The number of rotatable bonds is 3. The predicted octanol–water partition coefficient (Wildman–Crippen LogP) is 1.47. The molecule has 0 heterocycles. The fourth-order valence-electron chi connectivity index (χ4n) is 2.85. The van der Waals surface area contributed by atoms with Gasteiger partial charge in [0.2, 0.25) is 10.0 Å². The third kappa shape index (κ3) is 2.26. The average molecular weight is 283 g/mol. The maximum absolute atomic E-state index is 11.3. The highest BCUT2D eigenvalue weighted by Gasteiger charge is 2.62. The van der Waals surface area contributed by atoms with Gasteiger partial charge in [-0.1, -0.05) is 19.9 Å². The highest BCUT2D eigenvalue weighted by molar-refractivity contribution is 7.89. The van der Waals surface area contributed by atoms with E-state index in [2.05, 4.69) is 0 Å². The molecule has 0 saturated heterocycles. The zero-order chi connectivity index (χ0) is 14.6. The second kappa shape index (κ2) is 4.05. The summed E-state index contributed by atoms with van der Waals surface area (Å²) in [6.07, 6.45) is 0. The molecule has 2 unspecified atom stereocenters. The van der Waals surface area contributed by atoms with Crippen LogP contribution in [-0.2, 0) is 14.8 Å². The molecule has 0 spiro atoms. The Balaban J connectivity index is 2.42. The number of hydrogen-bond donors (Lipinski definition) is 2. The quantitative estimate of drug-likeness (QED) is 0.877. The molecule has 1 saturated carbocycles. The van der Waals surface area contributed by atoms with Gasteiger partial charge in [-0.3, -0.25) is 4.79 Å². The molecule has 0 bridgehead atoms. The molecule has 0 radical (unpaired) electrons. The lowest BCUT2D eigenvalue weighted by atomic mass is 9.99. The van der Waals surface area contributed by atoms with E-state index in [1.165, 1.54) is 12.1 Å². The van der Waals surface area contributed by atoms with Crippen molar-refractivity contribution in [3.8, 4) is 0 Å². The van der Waals surface area contributed by atoms with Crippen molar-refractivity contribution < 1.29 is 18.3 Å². The van der Waals surface area contributed by atoms with Crippen LogP contribution in [-0.4, -0.2) is 19.5 Å². The first kappa shape index (κ1) is 14.0. The van der Waals surface area contributed by atoms with Crippen LogP contribution in [0.25, 0.3) is 0 Å². The van der Waals surface area contributed by atoms with Crippen molar-refractivity contribution in [2.24, 2.45) is 16.5 Å². The number of benzene rings is 1. The van der Waals surface area contributed by atoms with Gasteiger partial charge in [-0.2, -0.15) is 0 Å². The summed E-state index contributed by atoms with van der Waals surface area (Å²) in [6, 6.07) is 4.60. The summed E-state index contributed by atoms with van der Waals surface area (Å²) < 4.78 is 22.5. The van der Waals surface area contributed by atoms with E-state index >= 15 is 0 Å². The third-order valence-corrected chi connectivity index (χ3v) is 4.91. The van der Waals surface area contributed by atoms with Gasteiger partial charge in [0, 0.05) is 5.92 Å². The highest BCUT2D eigenvalue weighted by atomic mass is 32.2. The molecule has 1 aromatic carbocycles. The Kier molecular flexibility index (Phi) is 2.98. The van der Waals surface area contributed by atoms with Gasteiger partial charge in [0.15, 0.2) is 0 Å². The van der Waals surface area contributed by atoms with Crippen LogP contribution >= 0.6 is 0 Å². The molecular weight excluding hydrogens is 266 g/mol. The van der Waals surface area contributed by atoms with Crippen molar-refractivity contribution in [3.05, 3.63) is 29.3 Å². The molecule has 0 aliphatic heterocycles. The number of sulfonamides is 1. The molecule has 0 aromatic heterocycles. The predicted molar refractivity (Wildman–Crippen MR) is 70.2 cm³/mol. The van der Waals surface area contributed by atoms with Crippen LogP contribution < -0.4 is 5.14 Å². The van der Waals surface area contributed by atoms with Gasteiger partial charge in [0.25, 0.3) is 0 Å². The van der Waals surface area contributed by atoms with E-state index in [9.17, 15) is 18.3 Å². The average Bonchev–Trinajstić information content (AvgIpc) is 2.80. The first-order valence-electron chi connectivity index (χ1n) is 5.93. The van der Waals surface area contributed by atoms with Crippen molar-refractivity contribution in [3.63, 3.8) is 0 Å². The number of hydrogen-bond acceptors (Lipinski definition) is 3. The molecule has 1 aromatic rings. The lowest BCUT2D eigenvalue weighted by Crippen LogP contribution is -2.12. The van der Waals surface area contributed by atoms with Crippen molar-refractivity contribution in [2.45, 2.75) is 31.6 Å². The van der Waals surface area contributed by atoms with Crippen LogP contribution in [0.5, 0.6) is 0 Å². The van der Waals surface area contributed by atoms with Crippen molar-refractivity contribution in [2.75, 3.05) is 0 Å². The highest BCUT2D eigenvalue weighted by Crippen LogP contribution is 2.64. The Hall–Kier alpha value is -1.40. The summed E-state index contributed by atoms with van der Waals surface area (Å²) in [6.45, 7) is 5.59. The molecule has 6 heteroatoms. The van der Waals surface area contributed by atoms with E-state index < -0.39 is 21.9 Å². The van der Waals surface area contributed by atoms with Crippen LogP contribution in [0.4, 0.5) is 0 Å². The maximum Gasteiger partial charge on any atom is 0.307 e. The summed E-state index contributed by atoms with van der Waals surface area (Å²) in [5.74, 6) is -1.32. The standard InChI is InChI=1S/C13H17NO4S/c1-7-6-8(19(14,17)18)4-5-9(7)10-11(12(15)16)13(10,2)3/h4-6,10-11H,1-3H3,(H,15,16)(H2,14,17,18). The minimum Gasteiger partial charge on any atom is -0.481 e. The van der Waals surface area contributed by atoms with E-state index in [4.69, 9.17) is 5.14 Å². The topological polar surface area (TPSA) is 97.5 Å². The monoisotopic (exact) mass is 283 g/mol. The van der Waals surface area contributed by atoms with Crippen LogP contribution in [0.15, 0.2) is 23.1 Å². The van der Waals surface area contributed by atoms with E-state index in [0.29, 0.717) is 0 Å². The zero-order valence-electron chi connectivity index (χ0n) is 11.0. The van der Waals surface area contributed by atoms with Gasteiger partial charge in [-0.15, -0.1) is 0 Å². The number of carboxylic acid groups (broad SMARTS) is 1. The van der Waals surface area contributed by atoms with Gasteiger partial charge in [-0.25, -0.2) is 13.6 Å². The first-order chi connectivity index (χ1) is 8.56. The molecule has 1 fully saturated rings. The minimum absolute atomic E-state index is 0.0547. The van der Waals surface area contributed by atoms with E-state index in [-0.39, 0.29) is 16.2 Å². The van der Waals surface area contributed by atoms with Crippen molar-refractivity contribution in [1.29, 1.82) is 0 Å². The summed E-state index contributed by atoms with van der Waals surface area (Å²) in [5.41, 5.74) is 1.33. The lowest BCUT2D eigenvalue weighted by Gasteiger charge is -2.08. The number of carbonyl (C=O) groups is 1. The Bertz CT molecular complexity index is 649. The van der Waals surface area contributed by atoms with Gasteiger partial charge in [0.05, 0.1) is 10.8 Å². The van der Waals surface area contributed by atoms with E-state index in [1.807, 2.05) is 13.8 Å². The zero-order valence-corrected chi connectivity index (χ0v) is 11.9. The second-order valence-electron chi connectivity index (χ2n) is 5.68. The number of nitrogens with two attached hydrogens (primary N) is 1. The van der Waals surface area contributed by atoms with E-state index in [0.717, 1.165) is 11.1 Å².